The summed E-state index contributed by atoms with van der Waals surface area (Å²) in [5.41, 5.74) is 6.64. The number of piperidine rings is 1. The van der Waals surface area contributed by atoms with Gasteiger partial charge in [0.2, 0.25) is 5.95 Å². The lowest BCUT2D eigenvalue weighted by Gasteiger charge is -2.26. The number of hydrogen-bond donors (Lipinski definition) is 2. The van der Waals surface area contributed by atoms with Gasteiger partial charge < -0.3 is 15.8 Å². The number of ether oxygens (including phenoxy) is 1. The Morgan fingerprint density at radius 1 is 1.06 bits per heavy atom. The molecule has 0 aromatic carbocycles. The van der Waals surface area contributed by atoms with Crippen molar-refractivity contribution in [2.24, 2.45) is 0 Å². The van der Waals surface area contributed by atoms with Gasteiger partial charge in [0.1, 0.15) is 23.8 Å². The minimum absolute atomic E-state index is 0.130. The fourth-order valence-electron chi connectivity index (χ4n) is 4.83. The molecular weight excluding hydrogens is 418 g/mol. The van der Waals surface area contributed by atoms with E-state index < -0.39 is 0 Å². The molecular formula is C24H31N7O2. The van der Waals surface area contributed by atoms with Gasteiger partial charge in [0.15, 0.2) is 0 Å². The molecule has 2 aliphatic rings. The molecule has 1 aliphatic heterocycles. The van der Waals surface area contributed by atoms with Gasteiger partial charge in [-0.15, -0.1) is 0 Å². The first-order chi connectivity index (χ1) is 16.2. The van der Waals surface area contributed by atoms with E-state index in [4.69, 9.17) is 10.5 Å². The van der Waals surface area contributed by atoms with E-state index in [-0.39, 0.29) is 17.3 Å². The Balaban J connectivity index is 1.28. The summed E-state index contributed by atoms with van der Waals surface area (Å²) in [7, 11) is 0. The van der Waals surface area contributed by atoms with Crippen molar-refractivity contribution in [3.8, 4) is 5.75 Å². The summed E-state index contributed by atoms with van der Waals surface area (Å²) in [5.74, 6) is 1.75. The van der Waals surface area contributed by atoms with E-state index in [0.717, 1.165) is 56.5 Å². The molecule has 3 N–H and O–H groups in total. The molecule has 9 nitrogen and oxygen atoms in total. The molecule has 5 rings (SSSR count). The fraction of sp³-hybridized carbons (Fsp3) is 0.500. The molecule has 174 valence electrons. The minimum atomic E-state index is -0.178. The molecule has 3 aromatic heterocycles. The van der Waals surface area contributed by atoms with Crippen LogP contribution in [0.3, 0.4) is 0 Å². The van der Waals surface area contributed by atoms with Crippen LogP contribution in [-0.4, -0.2) is 50.7 Å². The number of aromatic nitrogens is 4. The van der Waals surface area contributed by atoms with Crippen molar-refractivity contribution in [3.63, 3.8) is 0 Å². The van der Waals surface area contributed by atoms with Crippen molar-refractivity contribution in [2.75, 3.05) is 37.3 Å². The van der Waals surface area contributed by atoms with Gasteiger partial charge in [-0.05, 0) is 57.0 Å². The van der Waals surface area contributed by atoms with Gasteiger partial charge in [-0.1, -0.05) is 19.3 Å². The normalized spacial score (nSPS) is 17.5. The molecule has 4 heterocycles. The molecule has 9 heteroatoms. The third-order valence-corrected chi connectivity index (χ3v) is 6.59. The van der Waals surface area contributed by atoms with E-state index in [1.807, 2.05) is 12.1 Å². The molecule has 0 amide bonds. The summed E-state index contributed by atoms with van der Waals surface area (Å²) in [6.07, 6.45) is 11.5. The van der Waals surface area contributed by atoms with E-state index in [2.05, 4.69) is 25.2 Å². The maximum Gasteiger partial charge on any atom is 0.275 e. The van der Waals surface area contributed by atoms with Gasteiger partial charge >= 0.3 is 0 Å². The summed E-state index contributed by atoms with van der Waals surface area (Å²) in [6, 6.07) is 5.52. The highest BCUT2D eigenvalue weighted by Crippen LogP contribution is 2.31. The predicted octanol–water partition coefficient (Wildman–Crippen LogP) is 3.49. The van der Waals surface area contributed by atoms with Crippen LogP contribution in [0, 0.1) is 0 Å². The van der Waals surface area contributed by atoms with E-state index in [1.165, 1.54) is 19.3 Å². The third kappa shape index (κ3) is 4.93. The van der Waals surface area contributed by atoms with Gasteiger partial charge in [0.05, 0.1) is 11.9 Å². The lowest BCUT2D eigenvalue weighted by Crippen LogP contribution is -2.33. The molecule has 0 unspecified atom stereocenters. The van der Waals surface area contributed by atoms with Crippen LogP contribution in [-0.2, 0) is 0 Å². The average Bonchev–Trinajstić information content (AvgIpc) is 3.36. The van der Waals surface area contributed by atoms with Crippen LogP contribution in [0.4, 0.5) is 17.5 Å². The Hall–Kier alpha value is -3.20. The van der Waals surface area contributed by atoms with Crippen molar-refractivity contribution in [1.82, 2.24) is 24.4 Å². The number of pyridine rings is 2. The Kier molecular flexibility index (Phi) is 6.39. The molecule has 0 atom stereocenters. The highest BCUT2D eigenvalue weighted by Gasteiger charge is 2.22. The topological polar surface area (TPSA) is 111 Å². The summed E-state index contributed by atoms with van der Waals surface area (Å²) >= 11 is 0. The number of rotatable bonds is 7. The zero-order valence-corrected chi connectivity index (χ0v) is 18.9. The summed E-state index contributed by atoms with van der Waals surface area (Å²) in [4.78, 5) is 28.7. The van der Waals surface area contributed by atoms with Crippen LogP contribution in [0.25, 0.3) is 11.0 Å². The summed E-state index contributed by atoms with van der Waals surface area (Å²) in [6.45, 7) is 3.93. The second-order valence-electron chi connectivity index (χ2n) is 8.94. The van der Waals surface area contributed by atoms with Crippen LogP contribution in [0.1, 0.15) is 51.0 Å². The van der Waals surface area contributed by atoms with Gasteiger partial charge in [0.25, 0.3) is 5.56 Å². The number of nitrogens with zero attached hydrogens (tertiary/aromatic N) is 5. The number of nitrogens with two attached hydrogens (primary N) is 1. The van der Waals surface area contributed by atoms with E-state index in [9.17, 15) is 4.79 Å². The van der Waals surface area contributed by atoms with Crippen molar-refractivity contribution in [1.29, 1.82) is 0 Å². The van der Waals surface area contributed by atoms with Gasteiger partial charge in [-0.2, -0.15) is 4.98 Å². The smallest absolute Gasteiger partial charge is 0.275 e. The monoisotopic (exact) mass is 449 g/mol. The van der Waals surface area contributed by atoms with E-state index in [0.29, 0.717) is 24.0 Å². The molecule has 2 fully saturated rings. The van der Waals surface area contributed by atoms with Gasteiger partial charge in [-0.25, -0.2) is 9.97 Å². The molecule has 1 aliphatic carbocycles. The molecule has 3 aromatic rings. The second-order valence-corrected chi connectivity index (χ2v) is 8.94. The first-order valence-electron chi connectivity index (χ1n) is 11.9. The molecule has 0 radical (unpaired) electrons. The predicted molar refractivity (Wildman–Crippen MR) is 129 cm³/mol. The Morgan fingerprint density at radius 3 is 2.64 bits per heavy atom. The number of anilines is 3. The van der Waals surface area contributed by atoms with Crippen LogP contribution in [0.15, 0.2) is 35.4 Å². The standard InChI is InChI=1S/C24H31N7O2/c25-20-14-17-15-27-24(29-22(17)31(23(20)32)18-6-2-3-7-18)28-21-9-8-19(16-26-21)33-13-12-30-10-4-1-5-11-30/h8-9,14-16,18H,1-7,10-13,25H2,(H,26,27,28,29). The second kappa shape index (κ2) is 9.74. The zero-order valence-electron chi connectivity index (χ0n) is 18.9. The maximum absolute atomic E-state index is 12.8. The van der Waals surface area contributed by atoms with Gasteiger partial charge in [-0.3, -0.25) is 14.3 Å². The van der Waals surface area contributed by atoms with E-state index in [1.54, 1.807) is 23.0 Å². The zero-order chi connectivity index (χ0) is 22.6. The minimum Gasteiger partial charge on any atom is -0.491 e. The van der Waals surface area contributed by atoms with Crippen molar-refractivity contribution in [3.05, 3.63) is 40.9 Å². The van der Waals surface area contributed by atoms with Crippen LogP contribution >= 0.6 is 0 Å². The lowest BCUT2D eigenvalue weighted by atomic mass is 10.1. The SMILES string of the molecule is Nc1cc2cnc(Nc3ccc(OCCN4CCCCC4)cn3)nc2n(C2CCCC2)c1=O. The largest absolute Gasteiger partial charge is 0.491 e. The fourth-order valence-corrected chi connectivity index (χ4v) is 4.83. The molecule has 0 spiro atoms. The Labute approximate surface area is 193 Å². The van der Waals surface area contributed by atoms with Gasteiger partial charge in [0, 0.05) is 24.2 Å². The molecule has 1 saturated carbocycles. The molecule has 1 saturated heterocycles. The molecule has 0 bridgehead atoms. The van der Waals surface area contributed by atoms with Crippen LogP contribution < -0.4 is 21.3 Å². The lowest BCUT2D eigenvalue weighted by molar-refractivity contribution is 0.183. The highest BCUT2D eigenvalue weighted by molar-refractivity contribution is 5.79. The van der Waals surface area contributed by atoms with Crippen LogP contribution in [0.2, 0.25) is 0 Å². The number of likely N-dealkylation sites (tertiary alicyclic amines) is 1. The van der Waals surface area contributed by atoms with Crippen molar-refractivity contribution >= 4 is 28.5 Å². The first-order valence-corrected chi connectivity index (χ1v) is 11.9. The number of hydrogen-bond acceptors (Lipinski definition) is 8. The summed E-state index contributed by atoms with van der Waals surface area (Å²) in [5, 5.41) is 3.90. The summed E-state index contributed by atoms with van der Waals surface area (Å²) < 4.78 is 7.60. The Morgan fingerprint density at radius 2 is 1.88 bits per heavy atom. The van der Waals surface area contributed by atoms with E-state index >= 15 is 0 Å². The Bertz CT molecular complexity index is 1150. The third-order valence-electron chi connectivity index (χ3n) is 6.59. The maximum atomic E-state index is 12.8. The average molecular weight is 450 g/mol. The number of nitrogens with one attached hydrogen (secondary N) is 1. The van der Waals surface area contributed by atoms with Crippen molar-refractivity contribution < 1.29 is 4.74 Å². The van der Waals surface area contributed by atoms with Crippen LogP contribution in [0.5, 0.6) is 5.75 Å². The molecule has 33 heavy (non-hydrogen) atoms. The number of nitrogen functional groups attached to an aromatic ring is 1. The highest BCUT2D eigenvalue weighted by atomic mass is 16.5. The number of fused-ring (bicyclic) bond motifs is 1. The first kappa shape index (κ1) is 21.6. The quantitative estimate of drug-likeness (QED) is 0.564. The van der Waals surface area contributed by atoms with Crippen molar-refractivity contribution in [2.45, 2.75) is 51.0 Å².